The SMILES string of the molecule is CCOC(=O)c1c(C)[nH]c(C(=O)[C@@H](C)OC(=O)C2CCN(C(=O)Nc3ccccc3)CC2)c1C. The molecule has 9 heteroatoms. The van der Waals surface area contributed by atoms with Gasteiger partial charge in [-0.05, 0) is 58.2 Å². The van der Waals surface area contributed by atoms with Gasteiger partial charge >= 0.3 is 18.0 Å². The molecule has 3 rings (SSSR count). The van der Waals surface area contributed by atoms with Gasteiger partial charge in [-0.1, -0.05) is 18.2 Å². The minimum absolute atomic E-state index is 0.212. The van der Waals surface area contributed by atoms with Gasteiger partial charge in [0.2, 0.25) is 5.78 Å². The summed E-state index contributed by atoms with van der Waals surface area (Å²) < 4.78 is 10.5. The number of Topliss-reactive ketones (excluding diaryl/α,β-unsaturated/α-hetero) is 1. The van der Waals surface area contributed by atoms with E-state index in [-0.39, 0.29) is 18.3 Å². The number of piperidine rings is 1. The van der Waals surface area contributed by atoms with Crippen molar-refractivity contribution < 1.29 is 28.7 Å². The molecule has 1 aliphatic rings. The van der Waals surface area contributed by atoms with Crippen LogP contribution in [0.25, 0.3) is 0 Å². The number of hydrogen-bond acceptors (Lipinski definition) is 6. The molecule has 34 heavy (non-hydrogen) atoms. The van der Waals surface area contributed by atoms with Crippen molar-refractivity contribution in [1.29, 1.82) is 0 Å². The van der Waals surface area contributed by atoms with Crippen LogP contribution in [0, 0.1) is 19.8 Å². The van der Waals surface area contributed by atoms with E-state index in [0.717, 1.165) is 0 Å². The number of aromatic amines is 1. The maximum Gasteiger partial charge on any atom is 0.340 e. The number of nitrogens with zero attached hydrogens (tertiary/aromatic N) is 1. The third-order valence-electron chi connectivity index (χ3n) is 5.97. The Hall–Kier alpha value is -3.62. The van der Waals surface area contributed by atoms with Gasteiger partial charge in [-0.2, -0.15) is 0 Å². The van der Waals surface area contributed by atoms with Crippen LogP contribution in [0.5, 0.6) is 0 Å². The van der Waals surface area contributed by atoms with Gasteiger partial charge < -0.3 is 24.7 Å². The number of likely N-dealkylation sites (tertiary alicyclic amines) is 1. The molecule has 1 aromatic carbocycles. The lowest BCUT2D eigenvalue weighted by atomic mass is 9.97. The second-order valence-corrected chi connectivity index (χ2v) is 8.35. The number of nitrogens with one attached hydrogen (secondary N) is 2. The van der Waals surface area contributed by atoms with E-state index >= 15 is 0 Å². The number of aromatic nitrogens is 1. The molecule has 2 amide bonds. The molecule has 1 atom stereocenters. The monoisotopic (exact) mass is 469 g/mol. The zero-order valence-electron chi connectivity index (χ0n) is 20.0. The molecular formula is C25H31N3O6. The van der Waals surface area contributed by atoms with Crippen molar-refractivity contribution >= 4 is 29.4 Å². The standard InChI is InChI=1S/C25H31N3O6/c1-5-33-24(31)20-15(2)21(26-16(20)3)22(29)17(4)34-23(30)18-11-13-28(14-12-18)25(32)27-19-9-7-6-8-10-19/h6-10,17-18,26H,5,11-14H2,1-4H3,(H,27,32)/t17-/m1/s1. The van der Waals surface area contributed by atoms with Gasteiger partial charge in [-0.3, -0.25) is 9.59 Å². The highest BCUT2D eigenvalue weighted by Crippen LogP contribution is 2.23. The fourth-order valence-corrected chi connectivity index (χ4v) is 4.08. The lowest BCUT2D eigenvalue weighted by Crippen LogP contribution is -2.43. The molecule has 2 aromatic rings. The predicted octanol–water partition coefficient (Wildman–Crippen LogP) is 3.87. The van der Waals surface area contributed by atoms with Gasteiger partial charge in [-0.25, -0.2) is 9.59 Å². The number of ether oxygens (including phenoxy) is 2. The number of carbonyl (C=O) groups is 4. The van der Waals surface area contributed by atoms with Crippen LogP contribution < -0.4 is 5.32 Å². The molecule has 1 aromatic heterocycles. The second kappa shape index (κ2) is 11.0. The van der Waals surface area contributed by atoms with E-state index in [1.165, 1.54) is 6.92 Å². The Morgan fingerprint density at radius 3 is 2.38 bits per heavy atom. The van der Waals surface area contributed by atoms with Crippen LogP contribution in [-0.4, -0.2) is 59.4 Å². The average molecular weight is 470 g/mol. The molecule has 0 unspecified atom stereocenters. The predicted molar refractivity (Wildman–Crippen MR) is 126 cm³/mol. The maximum absolute atomic E-state index is 12.9. The highest BCUT2D eigenvalue weighted by Gasteiger charge is 2.32. The summed E-state index contributed by atoms with van der Waals surface area (Å²) in [5.41, 5.74) is 2.26. The van der Waals surface area contributed by atoms with Gasteiger partial charge in [0.25, 0.3) is 0 Å². The van der Waals surface area contributed by atoms with Crippen LogP contribution in [0.15, 0.2) is 30.3 Å². The normalized spacial score (nSPS) is 14.9. The van der Waals surface area contributed by atoms with Gasteiger partial charge in [0.15, 0.2) is 6.10 Å². The van der Waals surface area contributed by atoms with Crippen molar-refractivity contribution in [3.05, 3.63) is 52.8 Å². The van der Waals surface area contributed by atoms with Crippen LogP contribution in [-0.2, 0) is 14.3 Å². The van der Waals surface area contributed by atoms with Crippen molar-refractivity contribution in [2.24, 2.45) is 5.92 Å². The second-order valence-electron chi connectivity index (χ2n) is 8.35. The van der Waals surface area contributed by atoms with Gasteiger partial charge in [0.05, 0.1) is 23.8 Å². The molecule has 0 bridgehead atoms. The Kier molecular flexibility index (Phi) is 8.09. The summed E-state index contributed by atoms with van der Waals surface area (Å²) in [5.74, 6) is -1.77. The Labute approximate surface area is 198 Å². The highest BCUT2D eigenvalue weighted by molar-refractivity contribution is 6.04. The first-order chi connectivity index (χ1) is 16.2. The van der Waals surface area contributed by atoms with Gasteiger partial charge in [-0.15, -0.1) is 0 Å². The fraction of sp³-hybridized carbons (Fsp3) is 0.440. The number of ketones is 1. The number of hydrogen-bond donors (Lipinski definition) is 2. The van der Waals surface area contributed by atoms with Crippen molar-refractivity contribution in [2.75, 3.05) is 25.0 Å². The van der Waals surface area contributed by atoms with Crippen molar-refractivity contribution in [3.8, 4) is 0 Å². The quantitative estimate of drug-likeness (QED) is 0.470. The topological polar surface area (TPSA) is 118 Å². The lowest BCUT2D eigenvalue weighted by Gasteiger charge is -2.31. The molecule has 1 saturated heterocycles. The number of amides is 2. The Bertz CT molecular complexity index is 1050. The van der Waals surface area contributed by atoms with Gasteiger partial charge in [0.1, 0.15) is 0 Å². The van der Waals surface area contributed by atoms with E-state index in [4.69, 9.17) is 9.47 Å². The lowest BCUT2D eigenvalue weighted by molar-refractivity contribution is -0.152. The summed E-state index contributed by atoms with van der Waals surface area (Å²) in [4.78, 5) is 54.8. The first-order valence-electron chi connectivity index (χ1n) is 11.4. The fourth-order valence-electron chi connectivity index (χ4n) is 4.08. The molecule has 0 aliphatic carbocycles. The Balaban J connectivity index is 1.54. The summed E-state index contributed by atoms with van der Waals surface area (Å²) >= 11 is 0. The number of urea groups is 1. The van der Waals surface area contributed by atoms with E-state index in [1.54, 1.807) is 25.7 Å². The van der Waals surface area contributed by atoms with E-state index in [1.807, 2.05) is 30.3 Å². The van der Waals surface area contributed by atoms with Crippen LogP contribution in [0.4, 0.5) is 10.5 Å². The molecule has 0 radical (unpaired) electrons. The number of esters is 2. The summed E-state index contributed by atoms with van der Waals surface area (Å²) in [6, 6.07) is 8.96. The van der Waals surface area contributed by atoms with E-state index < -0.39 is 29.7 Å². The minimum atomic E-state index is -1.02. The van der Waals surface area contributed by atoms with Gasteiger partial charge in [0, 0.05) is 24.5 Å². The molecule has 182 valence electrons. The smallest absolute Gasteiger partial charge is 0.340 e. The number of anilines is 1. The maximum atomic E-state index is 12.9. The van der Waals surface area contributed by atoms with E-state index in [9.17, 15) is 19.2 Å². The minimum Gasteiger partial charge on any atom is -0.462 e. The summed E-state index contributed by atoms with van der Waals surface area (Å²) in [6.07, 6.45) is -0.107. The summed E-state index contributed by atoms with van der Waals surface area (Å²) in [6.45, 7) is 7.64. The summed E-state index contributed by atoms with van der Waals surface area (Å²) in [7, 11) is 0. The number of benzene rings is 1. The molecular weight excluding hydrogens is 438 g/mol. The van der Waals surface area contributed by atoms with Crippen LogP contribution in [0.3, 0.4) is 0 Å². The van der Waals surface area contributed by atoms with Crippen molar-refractivity contribution in [2.45, 2.75) is 46.6 Å². The summed E-state index contributed by atoms with van der Waals surface area (Å²) in [5, 5.41) is 2.84. The van der Waals surface area contributed by atoms with Crippen LogP contribution >= 0.6 is 0 Å². The third-order valence-corrected chi connectivity index (χ3v) is 5.97. The number of para-hydroxylation sites is 1. The van der Waals surface area contributed by atoms with Crippen LogP contribution in [0.1, 0.15) is 58.8 Å². The Morgan fingerprint density at radius 2 is 1.76 bits per heavy atom. The molecule has 1 aliphatic heterocycles. The number of H-pyrrole nitrogens is 1. The zero-order chi connectivity index (χ0) is 24.8. The molecule has 2 heterocycles. The number of aryl methyl sites for hydroxylation is 1. The van der Waals surface area contributed by atoms with Crippen molar-refractivity contribution in [3.63, 3.8) is 0 Å². The largest absolute Gasteiger partial charge is 0.462 e. The van der Waals surface area contributed by atoms with Crippen molar-refractivity contribution in [1.82, 2.24) is 9.88 Å². The molecule has 2 N–H and O–H groups in total. The van der Waals surface area contributed by atoms with Crippen LogP contribution in [0.2, 0.25) is 0 Å². The Morgan fingerprint density at radius 1 is 1.12 bits per heavy atom. The van der Waals surface area contributed by atoms with E-state index in [0.29, 0.717) is 48.4 Å². The zero-order valence-corrected chi connectivity index (χ0v) is 20.0. The first-order valence-corrected chi connectivity index (χ1v) is 11.4. The van der Waals surface area contributed by atoms with E-state index in [2.05, 4.69) is 10.3 Å². The highest BCUT2D eigenvalue weighted by atomic mass is 16.5. The molecule has 0 spiro atoms. The molecule has 0 saturated carbocycles. The number of rotatable bonds is 7. The molecule has 1 fully saturated rings. The molecule has 9 nitrogen and oxygen atoms in total. The third kappa shape index (κ3) is 5.65. The average Bonchev–Trinajstić information content (AvgIpc) is 3.13. The first kappa shape index (κ1) is 25.0. The number of carbonyl (C=O) groups excluding carboxylic acids is 4.